The van der Waals surface area contributed by atoms with Gasteiger partial charge in [-0.1, -0.05) is 24.2 Å². The number of hydrogen-bond acceptors (Lipinski definition) is 10. The molecule has 6 rings (SSSR count). The fourth-order valence-electron chi connectivity index (χ4n) is 4.81. The molecule has 3 aromatic carbocycles. The molecular formula is C34H37N7O3. The van der Waals surface area contributed by atoms with Gasteiger partial charge in [0.15, 0.2) is 11.5 Å². The van der Waals surface area contributed by atoms with Crippen LogP contribution in [-0.2, 0) is 0 Å². The van der Waals surface area contributed by atoms with Crippen molar-refractivity contribution >= 4 is 33.3 Å². The molecule has 0 aliphatic rings. The first-order valence-electron chi connectivity index (χ1n) is 14.6. The Morgan fingerprint density at radius 3 is 2.25 bits per heavy atom. The van der Waals surface area contributed by atoms with Crippen molar-refractivity contribution in [1.82, 2.24) is 25.3 Å². The van der Waals surface area contributed by atoms with E-state index in [0.29, 0.717) is 17.4 Å². The molecule has 226 valence electrons. The smallest absolute Gasteiger partial charge is 0.278 e. The minimum absolute atomic E-state index is 0.345. The van der Waals surface area contributed by atoms with Crippen LogP contribution in [0.4, 0.5) is 11.5 Å². The van der Waals surface area contributed by atoms with Gasteiger partial charge in [-0.15, -0.1) is 10.2 Å². The zero-order valence-electron chi connectivity index (χ0n) is 26.0. The Balaban J connectivity index is 0.000000177. The monoisotopic (exact) mass is 591 g/mol. The number of nitrogens with zero attached hydrogens (tertiary/aromatic N) is 6. The number of pyridine rings is 1. The summed E-state index contributed by atoms with van der Waals surface area (Å²) in [7, 11) is 5.30. The molecule has 0 saturated heterocycles. The number of methoxy groups -OCH3 is 2. The topological polar surface area (TPSA) is 111 Å². The molecule has 6 aromatic rings. The maximum absolute atomic E-state index is 5.33. The van der Waals surface area contributed by atoms with E-state index in [1.807, 2.05) is 66.5 Å². The minimum atomic E-state index is 0.345. The molecule has 44 heavy (non-hydrogen) atoms. The summed E-state index contributed by atoms with van der Waals surface area (Å²) in [6.07, 6.45) is 1.05. The Bertz CT molecular complexity index is 1840. The van der Waals surface area contributed by atoms with E-state index in [1.165, 1.54) is 5.56 Å². The van der Waals surface area contributed by atoms with Crippen molar-refractivity contribution in [3.63, 3.8) is 0 Å². The van der Waals surface area contributed by atoms with E-state index in [1.54, 1.807) is 14.2 Å². The number of ether oxygens (including phenoxy) is 2. The summed E-state index contributed by atoms with van der Waals surface area (Å²) < 4.78 is 15.8. The van der Waals surface area contributed by atoms with Gasteiger partial charge < -0.3 is 24.2 Å². The lowest BCUT2D eigenvalue weighted by atomic mass is 10.1. The Hall–Kier alpha value is -5.25. The van der Waals surface area contributed by atoms with Gasteiger partial charge in [0, 0.05) is 36.5 Å². The Morgan fingerprint density at radius 2 is 1.57 bits per heavy atom. The van der Waals surface area contributed by atoms with E-state index in [2.05, 4.69) is 64.6 Å². The number of anilines is 2. The standard InChI is InChI=1S/C17H19N5O2.C17H18N2O/c1-4-11-22(2)15-10-9-14(19-20-15)17-18-16(21-24-17)12-5-7-13(23-3)8-6-12;1-4-18-17-13-7-5-11(2)9-16(13)19-15-8-6-12(20-3)10-14(15)17/h5-10H,4,11H2,1-3H3;5-10H,4H2,1-3H3,(H,18,19). The molecule has 3 aromatic heterocycles. The molecule has 0 fully saturated rings. The van der Waals surface area contributed by atoms with Crippen molar-refractivity contribution in [2.24, 2.45) is 0 Å². The number of hydrogen-bond donors (Lipinski definition) is 1. The van der Waals surface area contributed by atoms with E-state index in [-0.39, 0.29) is 0 Å². The number of aromatic nitrogens is 5. The lowest BCUT2D eigenvalue weighted by Crippen LogP contribution is -2.19. The quantitative estimate of drug-likeness (QED) is 0.173. The van der Waals surface area contributed by atoms with Gasteiger partial charge in [-0.25, -0.2) is 4.98 Å². The fourth-order valence-corrected chi connectivity index (χ4v) is 4.81. The van der Waals surface area contributed by atoms with E-state index < -0.39 is 0 Å². The minimum Gasteiger partial charge on any atom is -0.497 e. The number of benzene rings is 3. The van der Waals surface area contributed by atoms with Gasteiger partial charge in [-0.2, -0.15) is 4.98 Å². The van der Waals surface area contributed by atoms with E-state index in [4.69, 9.17) is 19.0 Å². The van der Waals surface area contributed by atoms with Crippen LogP contribution in [0.1, 0.15) is 25.8 Å². The highest BCUT2D eigenvalue weighted by Crippen LogP contribution is 2.33. The van der Waals surface area contributed by atoms with Crippen molar-refractivity contribution in [3.05, 3.63) is 78.4 Å². The van der Waals surface area contributed by atoms with Gasteiger partial charge in [0.2, 0.25) is 5.82 Å². The Labute approximate surface area is 257 Å². The third kappa shape index (κ3) is 6.70. The summed E-state index contributed by atoms with van der Waals surface area (Å²) in [6, 6.07) is 23.6. The van der Waals surface area contributed by atoms with Crippen LogP contribution in [0.2, 0.25) is 0 Å². The molecule has 0 aliphatic heterocycles. The normalized spacial score (nSPS) is 10.8. The zero-order chi connectivity index (χ0) is 31.1. The molecule has 0 bridgehead atoms. The highest BCUT2D eigenvalue weighted by Gasteiger charge is 2.13. The zero-order valence-corrected chi connectivity index (χ0v) is 26.0. The molecule has 0 spiro atoms. The molecule has 0 unspecified atom stereocenters. The van der Waals surface area contributed by atoms with Crippen molar-refractivity contribution < 1.29 is 14.0 Å². The second-order valence-electron chi connectivity index (χ2n) is 10.3. The summed E-state index contributed by atoms with van der Waals surface area (Å²) in [4.78, 5) is 11.2. The summed E-state index contributed by atoms with van der Waals surface area (Å²) in [5.41, 5.74) is 5.76. The van der Waals surface area contributed by atoms with Crippen LogP contribution >= 0.6 is 0 Å². The van der Waals surface area contributed by atoms with Crippen LogP contribution in [0.5, 0.6) is 11.5 Å². The average Bonchev–Trinajstić information content (AvgIpc) is 3.55. The molecule has 0 amide bonds. The van der Waals surface area contributed by atoms with E-state index in [9.17, 15) is 0 Å². The van der Waals surface area contributed by atoms with Gasteiger partial charge >= 0.3 is 0 Å². The first-order chi connectivity index (χ1) is 21.4. The Kier molecular flexibility index (Phi) is 9.49. The average molecular weight is 592 g/mol. The largest absolute Gasteiger partial charge is 0.497 e. The van der Waals surface area contributed by atoms with Crippen molar-refractivity contribution in [3.8, 4) is 34.5 Å². The van der Waals surface area contributed by atoms with Crippen LogP contribution in [0.15, 0.2) is 77.3 Å². The lowest BCUT2D eigenvalue weighted by molar-refractivity contribution is 0.414. The third-order valence-corrected chi connectivity index (χ3v) is 7.08. The summed E-state index contributed by atoms with van der Waals surface area (Å²) in [5.74, 6) is 3.29. The van der Waals surface area contributed by atoms with Crippen LogP contribution in [0.3, 0.4) is 0 Å². The molecular weight excluding hydrogens is 554 g/mol. The molecule has 10 heteroatoms. The van der Waals surface area contributed by atoms with Gasteiger partial charge in [0.1, 0.15) is 11.5 Å². The Morgan fingerprint density at radius 1 is 0.795 bits per heavy atom. The second kappa shape index (κ2) is 13.8. The summed E-state index contributed by atoms with van der Waals surface area (Å²) in [5, 5.41) is 18.1. The van der Waals surface area contributed by atoms with Gasteiger partial charge in [0.05, 0.1) is 30.9 Å². The molecule has 10 nitrogen and oxygen atoms in total. The third-order valence-electron chi connectivity index (χ3n) is 7.08. The number of rotatable bonds is 9. The predicted molar refractivity (Wildman–Crippen MR) is 176 cm³/mol. The molecule has 0 aliphatic carbocycles. The number of aryl methyl sites for hydroxylation is 1. The molecule has 0 radical (unpaired) electrons. The molecule has 3 heterocycles. The van der Waals surface area contributed by atoms with Gasteiger partial charge in [0.25, 0.3) is 5.89 Å². The van der Waals surface area contributed by atoms with Crippen LogP contribution in [0.25, 0.3) is 44.8 Å². The number of nitrogens with one attached hydrogen (secondary N) is 1. The maximum Gasteiger partial charge on any atom is 0.278 e. The first-order valence-corrected chi connectivity index (χ1v) is 14.6. The van der Waals surface area contributed by atoms with E-state index >= 15 is 0 Å². The number of fused-ring (bicyclic) bond motifs is 2. The summed E-state index contributed by atoms with van der Waals surface area (Å²) >= 11 is 0. The van der Waals surface area contributed by atoms with Gasteiger partial charge in [-0.3, -0.25) is 0 Å². The summed E-state index contributed by atoms with van der Waals surface area (Å²) in [6.45, 7) is 8.12. The second-order valence-corrected chi connectivity index (χ2v) is 10.3. The van der Waals surface area contributed by atoms with Crippen LogP contribution in [-0.4, -0.2) is 59.7 Å². The fraction of sp³-hybridized carbons (Fsp3) is 0.265. The van der Waals surface area contributed by atoms with Crippen molar-refractivity contribution in [2.75, 3.05) is 44.6 Å². The maximum atomic E-state index is 5.33. The van der Waals surface area contributed by atoms with Crippen LogP contribution < -0.4 is 19.7 Å². The molecule has 0 atom stereocenters. The van der Waals surface area contributed by atoms with Crippen molar-refractivity contribution in [1.29, 1.82) is 0 Å². The highest BCUT2D eigenvalue weighted by molar-refractivity contribution is 6.07. The van der Waals surface area contributed by atoms with E-state index in [0.717, 1.165) is 69.9 Å². The SMILES string of the molecule is CCCN(C)c1ccc(-c2nc(-c3ccc(OC)cc3)no2)nn1.CCNc1c2ccc(C)cc2nc2ccc(OC)cc12. The first kappa shape index (κ1) is 30.2. The molecule has 0 saturated carbocycles. The van der Waals surface area contributed by atoms with Crippen LogP contribution in [0, 0.1) is 6.92 Å². The molecule has 1 N–H and O–H groups in total. The van der Waals surface area contributed by atoms with Gasteiger partial charge in [-0.05, 0) is 86.5 Å². The van der Waals surface area contributed by atoms with Crippen molar-refractivity contribution in [2.45, 2.75) is 27.2 Å². The lowest BCUT2D eigenvalue weighted by Gasteiger charge is -2.15. The highest BCUT2D eigenvalue weighted by atomic mass is 16.5. The predicted octanol–water partition coefficient (Wildman–Crippen LogP) is 7.19.